The molecule has 350 valence electrons. The number of nitrogens with zero attached hydrogens (tertiary/aromatic N) is 6. The molecule has 7 rings (SSSR count). The molecule has 4 heterocycles. The van der Waals surface area contributed by atoms with Crippen LogP contribution < -0.4 is 20.7 Å². The summed E-state index contributed by atoms with van der Waals surface area (Å²) < 4.78 is 13.5. The van der Waals surface area contributed by atoms with E-state index in [9.17, 15) is 19.5 Å². The van der Waals surface area contributed by atoms with Crippen LogP contribution in [-0.2, 0) is 16.1 Å². The number of thiazole rings is 1. The molecule has 0 saturated carbocycles. The van der Waals surface area contributed by atoms with Crippen LogP contribution in [0, 0.1) is 24.2 Å². The number of hydrogen-bond donors (Lipinski definition) is 4. The van der Waals surface area contributed by atoms with Gasteiger partial charge in [-0.25, -0.2) is 4.98 Å². The van der Waals surface area contributed by atoms with E-state index in [0.717, 1.165) is 64.4 Å². The topological polar surface area (TPSA) is 201 Å². The Morgan fingerprint density at radius 2 is 1.76 bits per heavy atom. The molecule has 0 aliphatic carbocycles. The molecule has 1 aliphatic heterocycles. The standard InChI is InChI=1S/C50H56ClN9O6S/c1-30(2)45(50(64)60-28-40(61)24-43(60)49(63)57-32(4)34-9-11-35(12-10-34)47-33(5)54-29-67-47)46-44(26-55-66-46)65-22-8-6-7-20-53-39-17-15-36(16-18-39)48(62)56-31(3)27-59-21-19-42(58-59)37-13-14-38(25-52)41(51)23-37/h9-19,21,23,26,29-32,40,43,45,53,61H,6-8,20,22,24,27-28H2,1-5H3,(H,56,62)(H,57,63)/t31-,32-,40+,43?,45?/m0/s1. The number of unbranched alkanes of at least 4 members (excludes halogenated alkanes) is 2. The molecule has 67 heavy (non-hydrogen) atoms. The molecule has 15 nitrogen and oxygen atoms in total. The fourth-order valence-electron chi connectivity index (χ4n) is 8.21. The van der Waals surface area contributed by atoms with Crippen molar-refractivity contribution in [1.82, 2.24) is 35.5 Å². The maximum absolute atomic E-state index is 14.3. The SMILES string of the molecule is Cc1ncsc1-c1ccc([C@H](C)NC(=O)C2C[C@@H](O)CN2C(=O)C(c2oncc2OCCCCCNc2ccc(C(=O)N[C@@H](C)Cn3ccc(-c4ccc(C#N)c(Cl)c4)n3)cc2)C(C)C)cc1. The highest BCUT2D eigenvalue weighted by atomic mass is 35.5. The van der Waals surface area contributed by atoms with E-state index in [0.29, 0.717) is 40.8 Å². The van der Waals surface area contributed by atoms with E-state index in [1.165, 1.54) is 11.1 Å². The van der Waals surface area contributed by atoms with Crippen molar-refractivity contribution in [3.8, 4) is 33.5 Å². The van der Waals surface area contributed by atoms with Crippen LogP contribution in [0.5, 0.6) is 5.75 Å². The lowest BCUT2D eigenvalue weighted by Crippen LogP contribution is -2.48. The van der Waals surface area contributed by atoms with Gasteiger partial charge in [0.25, 0.3) is 5.91 Å². The number of hydrogen-bond acceptors (Lipinski definition) is 12. The average Bonchev–Trinajstić information content (AvgIpc) is 4.15. The molecule has 5 atom stereocenters. The molecular weight excluding hydrogens is 890 g/mol. The molecular formula is C50H56ClN9O6S. The first-order valence-electron chi connectivity index (χ1n) is 22.5. The second-order valence-corrected chi connectivity index (χ2v) is 18.6. The Morgan fingerprint density at radius 1 is 1.00 bits per heavy atom. The van der Waals surface area contributed by atoms with Gasteiger partial charge in [0.2, 0.25) is 11.8 Å². The van der Waals surface area contributed by atoms with Gasteiger partial charge in [-0.3, -0.25) is 19.1 Å². The van der Waals surface area contributed by atoms with Crippen molar-refractivity contribution in [2.24, 2.45) is 5.92 Å². The summed E-state index contributed by atoms with van der Waals surface area (Å²) in [5.74, 6) is -1.14. The number of ether oxygens (including phenoxy) is 1. The maximum atomic E-state index is 14.3. The summed E-state index contributed by atoms with van der Waals surface area (Å²) in [6, 6.07) is 23.1. The molecule has 0 bridgehead atoms. The van der Waals surface area contributed by atoms with Gasteiger partial charge < -0.3 is 35.2 Å². The quantitative estimate of drug-likeness (QED) is 0.0535. The van der Waals surface area contributed by atoms with Crippen LogP contribution in [0.2, 0.25) is 5.02 Å². The number of rotatable bonds is 20. The number of benzene rings is 3. The first kappa shape index (κ1) is 48.4. The summed E-state index contributed by atoms with van der Waals surface area (Å²) in [5.41, 5.74) is 8.16. The minimum absolute atomic E-state index is 0.0318. The Labute approximate surface area is 399 Å². The number of anilines is 1. The molecule has 6 aromatic rings. The second-order valence-electron chi connectivity index (χ2n) is 17.3. The minimum Gasteiger partial charge on any atom is -0.488 e. The fraction of sp³-hybridized carbons (Fsp3) is 0.380. The first-order valence-corrected chi connectivity index (χ1v) is 23.8. The number of likely N-dealkylation sites (tertiary alicyclic amines) is 1. The van der Waals surface area contributed by atoms with Gasteiger partial charge in [-0.05, 0) is 99.5 Å². The van der Waals surface area contributed by atoms with Gasteiger partial charge in [0.1, 0.15) is 24.2 Å². The molecule has 3 amide bonds. The number of carbonyl (C=O) groups is 3. The van der Waals surface area contributed by atoms with Crippen molar-refractivity contribution >= 4 is 46.3 Å². The van der Waals surface area contributed by atoms with E-state index in [1.54, 1.807) is 46.4 Å². The van der Waals surface area contributed by atoms with Gasteiger partial charge in [-0.15, -0.1) is 11.3 Å². The Hall–Kier alpha value is -6.54. The number of amides is 3. The Kier molecular flexibility index (Phi) is 16.1. The van der Waals surface area contributed by atoms with Crippen LogP contribution in [-0.4, -0.2) is 85.5 Å². The van der Waals surface area contributed by atoms with E-state index >= 15 is 0 Å². The molecule has 1 aliphatic rings. The monoisotopic (exact) mass is 945 g/mol. The van der Waals surface area contributed by atoms with Gasteiger partial charge in [-0.2, -0.15) is 10.4 Å². The van der Waals surface area contributed by atoms with E-state index in [4.69, 9.17) is 26.1 Å². The number of nitrogens with one attached hydrogen (secondary N) is 3. The molecule has 3 aromatic heterocycles. The zero-order valence-corrected chi connectivity index (χ0v) is 39.8. The third-order valence-electron chi connectivity index (χ3n) is 11.8. The fourth-order valence-corrected chi connectivity index (χ4v) is 9.25. The summed E-state index contributed by atoms with van der Waals surface area (Å²) in [6.07, 6.45) is 5.10. The predicted molar refractivity (Wildman–Crippen MR) is 258 cm³/mol. The number of aliphatic hydroxyl groups excluding tert-OH is 1. The molecule has 0 spiro atoms. The summed E-state index contributed by atoms with van der Waals surface area (Å²) in [5, 5.41) is 38.3. The third-order valence-corrected chi connectivity index (χ3v) is 13.1. The van der Waals surface area contributed by atoms with Crippen molar-refractivity contribution < 1.29 is 28.8 Å². The summed E-state index contributed by atoms with van der Waals surface area (Å²) >= 11 is 7.78. The van der Waals surface area contributed by atoms with E-state index in [2.05, 4.69) is 37.3 Å². The maximum Gasteiger partial charge on any atom is 0.251 e. The van der Waals surface area contributed by atoms with Gasteiger partial charge in [0.05, 0.1) is 57.7 Å². The molecule has 17 heteroatoms. The van der Waals surface area contributed by atoms with Gasteiger partial charge in [0, 0.05) is 48.6 Å². The third kappa shape index (κ3) is 12.1. The molecule has 2 unspecified atom stereocenters. The van der Waals surface area contributed by atoms with Crippen LogP contribution in [0.25, 0.3) is 21.7 Å². The highest BCUT2D eigenvalue weighted by Crippen LogP contribution is 2.36. The summed E-state index contributed by atoms with van der Waals surface area (Å²) in [4.78, 5) is 47.9. The number of nitriles is 1. The number of β-amino-alcohol motifs (C(OH)–C–C–N with tert-alkyl or cyclic N) is 1. The predicted octanol–water partition coefficient (Wildman–Crippen LogP) is 8.55. The van der Waals surface area contributed by atoms with Crippen LogP contribution in [0.4, 0.5) is 5.69 Å². The van der Waals surface area contributed by atoms with Crippen molar-refractivity contribution in [3.05, 3.63) is 124 Å². The Morgan fingerprint density at radius 3 is 2.46 bits per heavy atom. The minimum atomic E-state index is -0.851. The first-order chi connectivity index (χ1) is 32.3. The highest BCUT2D eigenvalue weighted by Gasteiger charge is 2.44. The summed E-state index contributed by atoms with van der Waals surface area (Å²) in [6.45, 7) is 11.2. The largest absolute Gasteiger partial charge is 0.488 e. The second kappa shape index (κ2) is 22.3. The van der Waals surface area contributed by atoms with Crippen molar-refractivity contribution in [1.29, 1.82) is 5.26 Å². The van der Waals surface area contributed by atoms with Crippen molar-refractivity contribution in [2.45, 2.75) is 97.0 Å². The van der Waals surface area contributed by atoms with Crippen LogP contribution >= 0.6 is 22.9 Å². The number of halogens is 1. The van der Waals surface area contributed by atoms with Crippen molar-refractivity contribution in [2.75, 3.05) is 25.0 Å². The Bertz CT molecular complexity index is 2670. The number of carbonyl (C=O) groups excluding carboxylic acids is 3. The lowest BCUT2D eigenvalue weighted by Gasteiger charge is -2.29. The normalized spacial score (nSPS) is 16.0. The van der Waals surface area contributed by atoms with E-state index < -0.39 is 18.1 Å². The molecule has 1 fully saturated rings. The van der Waals surface area contributed by atoms with Gasteiger partial charge >= 0.3 is 0 Å². The van der Waals surface area contributed by atoms with Crippen LogP contribution in [0.3, 0.4) is 0 Å². The number of aliphatic hydroxyl groups is 1. The van der Waals surface area contributed by atoms with E-state index in [1.807, 2.05) is 88.8 Å². The lowest BCUT2D eigenvalue weighted by atomic mass is 9.91. The van der Waals surface area contributed by atoms with Crippen LogP contribution in [0.1, 0.15) is 98.3 Å². The number of aromatic nitrogens is 4. The average molecular weight is 947 g/mol. The van der Waals surface area contributed by atoms with Crippen LogP contribution in [0.15, 0.2) is 95.2 Å². The Balaban J connectivity index is 0.830. The van der Waals surface area contributed by atoms with Gasteiger partial charge in [0.15, 0.2) is 11.5 Å². The molecule has 3 aromatic carbocycles. The van der Waals surface area contributed by atoms with Crippen molar-refractivity contribution in [3.63, 3.8) is 0 Å². The summed E-state index contributed by atoms with van der Waals surface area (Å²) in [7, 11) is 0. The zero-order chi connectivity index (χ0) is 47.6. The zero-order valence-electron chi connectivity index (χ0n) is 38.2. The smallest absolute Gasteiger partial charge is 0.251 e. The van der Waals surface area contributed by atoms with E-state index in [-0.39, 0.29) is 48.7 Å². The molecule has 1 saturated heterocycles. The lowest BCUT2D eigenvalue weighted by molar-refractivity contribution is -0.141. The van der Waals surface area contributed by atoms with Gasteiger partial charge in [-0.1, -0.05) is 60.9 Å². The molecule has 4 N–H and O–H groups in total. The highest BCUT2D eigenvalue weighted by molar-refractivity contribution is 7.13. The number of aryl methyl sites for hydroxylation is 1. The molecule has 0 radical (unpaired) electrons.